The van der Waals surface area contributed by atoms with Crippen LogP contribution in [-0.2, 0) is 11.4 Å². The molecule has 5 heteroatoms. The van der Waals surface area contributed by atoms with E-state index in [1.54, 1.807) is 11.3 Å². The third-order valence-electron chi connectivity index (χ3n) is 2.78. The van der Waals surface area contributed by atoms with Crippen LogP contribution in [0.4, 0.5) is 0 Å². The van der Waals surface area contributed by atoms with Crippen LogP contribution < -0.4 is 4.72 Å². The molecule has 1 aliphatic carbocycles. The van der Waals surface area contributed by atoms with Gasteiger partial charge in [0, 0.05) is 26.1 Å². The fourth-order valence-corrected chi connectivity index (χ4v) is 4.17. The second kappa shape index (κ2) is 5.21. The van der Waals surface area contributed by atoms with Crippen molar-refractivity contribution in [1.82, 2.24) is 4.72 Å². The van der Waals surface area contributed by atoms with E-state index in [2.05, 4.69) is 32.1 Å². The molecule has 0 unspecified atom stereocenters. The summed E-state index contributed by atoms with van der Waals surface area (Å²) in [6, 6.07) is 2.40. The van der Waals surface area contributed by atoms with Gasteiger partial charge in [0.05, 0.1) is 6.04 Å². The molecule has 0 bridgehead atoms. The van der Waals surface area contributed by atoms with Gasteiger partial charge in [0.2, 0.25) is 0 Å². The maximum Gasteiger partial charge on any atom is 0.136 e. The highest BCUT2D eigenvalue weighted by atomic mass is 79.9. The predicted octanol–water partition coefficient (Wildman–Crippen LogP) is 4.01. The highest BCUT2D eigenvalue weighted by molar-refractivity contribution is 9.10. The molecule has 1 aromatic rings. The average Bonchev–Trinajstić information content (AvgIpc) is 2.96. The molecule has 0 aliphatic heterocycles. The van der Waals surface area contributed by atoms with Crippen molar-refractivity contribution < 1.29 is 4.55 Å². The number of thiophene rings is 1. The van der Waals surface area contributed by atoms with E-state index in [9.17, 15) is 4.55 Å². The van der Waals surface area contributed by atoms with Gasteiger partial charge in [0.15, 0.2) is 0 Å². The fourth-order valence-electron chi connectivity index (χ4n) is 1.60. The van der Waals surface area contributed by atoms with Crippen molar-refractivity contribution >= 4 is 38.6 Å². The molecule has 96 valence electrons. The molecule has 2 nitrogen and oxygen atoms in total. The first-order valence-corrected chi connectivity index (χ1v) is 8.62. The highest BCUT2D eigenvalue weighted by Crippen LogP contribution is 2.44. The number of hydrogen-bond acceptors (Lipinski definition) is 3. The zero-order valence-corrected chi connectivity index (χ0v) is 13.5. The van der Waals surface area contributed by atoms with Crippen LogP contribution in [0.1, 0.15) is 44.5 Å². The van der Waals surface area contributed by atoms with Crippen molar-refractivity contribution in [2.45, 2.75) is 44.4 Å². The number of hydrogen-bond donors (Lipinski definition) is 1. The summed E-state index contributed by atoms with van der Waals surface area (Å²) in [6.45, 7) is 6.01. The van der Waals surface area contributed by atoms with E-state index in [1.807, 2.05) is 20.8 Å². The Kier molecular flexibility index (Phi) is 4.25. The normalized spacial score (nSPS) is 20.3. The van der Waals surface area contributed by atoms with Crippen LogP contribution in [0.5, 0.6) is 0 Å². The molecule has 0 spiro atoms. The Morgan fingerprint density at radius 2 is 2.18 bits per heavy atom. The first-order chi connectivity index (χ1) is 7.88. The molecule has 1 saturated carbocycles. The molecule has 1 N–H and O–H groups in total. The molecular formula is C12H18BrNOS2. The zero-order valence-electron chi connectivity index (χ0n) is 10.3. The number of rotatable bonds is 4. The van der Waals surface area contributed by atoms with Gasteiger partial charge < -0.3 is 4.55 Å². The first-order valence-electron chi connectivity index (χ1n) is 5.80. The minimum absolute atomic E-state index is 0.207. The molecule has 2 rings (SSSR count). The Bertz CT molecular complexity index is 384. The minimum atomic E-state index is -0.998. The van der Waals surface area contributed by atoms with Crippen LogP contribution >= 0.6 is 27.3 Å². The lowest BCUT2D eigenvalue weighted by Crippen LogP contribution is -2.41. The molecule has 1 aromatic heterocycles. The Balaban J connectivity index is 2.08. The lowest BCUT2D eigenvalue weighted by molar-refractivity contribution is 0.507. The minimum Gasteiger partial charge on any atom is -0.598 e. The van der Waals surface area contributed by atoms with Gasteiger partial charge in [-0.25, -0.2) is 0 Å². The summed E-state index contributed by atoms with van der Waals surface area (Å²) in [5.74, 6) is 0.659. The molecule has 17 heavy (non-hydrogen) atoms. The van der Waals surface area contributed by atoms with Gasteiger partial charge in [0.25, 0.3) is 0 Å². The lowest BCUT2D eigenvalue weighted by Gasteiger charge is -2.27. The van der Waals surface area contributed by atoms with Crippen molar-refractivity contribution in [3.05, 3.63) is 20.8 Å². The topological polar surface area (TPSA) is 35.1 Å². The molecule has 0 radical (unpaired) electrons. The smallest absolute Gasteiger partial charge is 0.136 e. The molecule has 0 amide bonds. The van der Waals surface area contributed by atoms with Gasteiger partial charge in [-0.15, -0.1) is 16.1 Å². The van der Waals surface area contributed by atoms with Crippen molar-refractivity contribution in [1.29, 1.82) is 0 Å². The quantitative estimate of drug-likeness (QED) is 0.843. The molecule has 1 aliphatic rings. The first kappa shape index (κ1) is 13.9. The summed E-state index contributed by atoms with van der Waals surface area (Å²) in [5.41, 5.74) is 0. The van der Waals surface area contributed by atoms with E-state index < -0.39 is 11.4 Å². The third-order valence-corrected chi connectivity index (χ3v) is 6.13. The van der Waals surface area contributed by atoms with E-state index in [1.165, 1.54) is 17.7 Å². The third kappa shape index (κ3) is 3.70. The van der Waals surface area contributed by atoms with Gasteiger partial charge in [-0.2, -0.15) is 0 Å². The van der Waals surface area contributed by atoms with E-state index in [4.69, 9.17) is 0 Å². The van der Waals surface area contributed by atoms with Crippen molar-refractivity contribution in [3.63, 3.8) is 0 Å². The van der Waals surface area contributed by atoms with E-state index >= 15 is 0 Å². The van der Waals surface area contributed by atoms with Crippen LogP contribution in [0.3, 0.4) is 0 Å². The Morgan fingerprint density at radius 1 is 1.53 bits per heavy atom. The standard InChI is InChI=1S/C12H18BrNOS2/c1-12(2,3)17(15)14-11(8-4-5-8)10-6-9(13)7-16-10/h6-8,11,14H,4-5H2,1-3H3/t11-,17-/m0/s1. The van der Waals surface area contributed by atoms with Crippen molar-refractivity contribution in [2.75, 3.05) is 0 Å². The van der Waals surface area contributed by atoms with Crippen LogP contribution in [-0.4, -0.2) is 9.30 Å². The lowest BCUT2D eigenvalue weighted by atomic mass is 10.2. The largest absolute Gasteiger partial charge is 0.598 e. The van der Waals surface area contributed by atoms with Crippen LogP contribution in [0, 0.1) is 5.92 Å². The van der Waals surface area contributed by atoms with Gasteiger partial charge >= 0.3 is 0 Å². The summed E-state index contributed by atoms with van der Waals surface area (Å²) in [4.78, 5) is 1.29. The predicted molar refractivity (Wildman–Crippen MR) is 78.5 cm³/mol. The molecular weight excluding hydrogens is 318 g/mol. The summed E-state index contributed by atoms with van der Waals surface area (Å²) in [6.07, 6.45) is 2.49. The Morgan fingerprint density at radius 3 is 2.59 bits per heavy atom. The average molecular weight is 336 g/mol. The van der Waals surface area contributed by atoms with Crippen molar-refractivity contribution in [3.8, 4) is 0 Å². The zero-order chi connectivity index (χ0) is 12.6. The van der Waals surface area contributed by atoms with Crippen LogP contribution in [0.2, 0.25) is 0 Å². The van der Waals surface area contributed by atoms with Gasteiger partial charge in [-0.3, -0.25) is 0 Å². The molecule has 1 fully saturated rings. The number of nitrogens with one attached hydrogen (secondary N) is 1. The second-order valence-corrected chi connectivity index (χ2v) is 9.34. The molecule has 2 atom stereocenters. The molecule has 0 saturated heterocycles. The maximum absolute atomic E-state index is 12.2. The highest BCUT2D eigenvalue weighted by Gasteiger charge is 2.38. The second-order valence-electron chi connectivity index (χ2n) is 5.48. The van der Waals surface area contributed by atoms with E-state index in [-0.39, 0.29) is 10.8 Å². The van der Waals surface area contributed by atoms with Crippen LogP contribution in [0.25, 0.3) is 0 Å². The van der Waals surface area contributed by atoms with Crippen molar-refractivity contribution in [2.24, 2.45) is 5.92 Å². The van der Waals surface area contributed by atoms with Gasteiger partial charge in [0.1, 0.15) is 4.75 Å². The summed E-state index contributed by atoms with van der Waals surface area (Å²) < 4.78 is 16.4. The summed E-state index contributed by atoms with van der Waals surface area (Å²) in [7, 11) is 0. The van der Waals surface area contributed by atoms with Gasteiger partial charge in [-0.1, -0.05) is 0 Å². The molecule has 0 aromatic carbocycles. The SMILES string of the molecule is CC(C)(C)[S@+]([O-])N[C@H](c1cc(Br)cs1)C1CC1. The molecule has 1 heterocycles. The van der Waals surface area contributed by atoms with Gasteiger partial charge in [-0.05, 0) is 61.5 Å². The summed E-state index contributed by atoms with van der Waals surface area (Å²) >= 11 is 4.22. The van der Waals surface area contributed by atoms with E-state index in [0.717, 1.165) is 4.47 Å². The van der Waals surface area contributed by atoms with E-state index in [0.29, 0.717) is 5.92 Å². The number of halogens is 1. The Labute approximate surface area is 119 Å². The monoisotopic (exact) mass is 335 g/mol. The Hall–Kier alpha value is 0.450. The maximum atomic E-state index is 12.2. The summed E-state index contributed by atoms with van der Waals surface area (Å²) in [5, 5.41) is 2.09. The van der Waals surface area contributed by atoms with Crippen LogP contribution in [0.15, 0.2) is 15.9 Å². The fraction of sp³-hybridized carbons (Fsp3) is 0.667.